The van der Waals surface area contributed by atoms with Gasteiger partial charge in [-0.15, -0.1) is 0 Å². The third kappa shape index (κ3) is 56.0. The minimum atomic E-state index is -1.57. The monoisotopic (exact) mass is 1270 g/mol. The van der Waals surface area contributed by atoms with Crippen molar-refractivity contribution in [1.82, 2.24) is 5.32 Å². The minimum Gasteiger partial charge on any atom is -0.466 e. The highest BCUT2D eigenvalue weighted by Gasteiger charge is 2.44. The van der Waals surface area contributed by atoms with Gasteiger partial charge in [0.2, 0.25) is 5.91 Å². The molecule has 0 bridgehead atoms. The van der Waals surface area contributed by atoms with E-state index in [1.165, 1.54) is 289 Å². The van der Waals surface area contributed by atoms with Crippen LogP contribution in [0.25, 0.3) is 0 Å². The van der Waals surface area contributed by atoms with Crippen LogP contribution in [0.1, 0.15) is 380 Å². The molecule has 0 aliphatic carbocycles. The lowest BCUT2D eigenvalue weighted by Crippen LogP contribution is -2.60. The molecule has 90 heavy (non-hydrogen) atoms. The van der Waals surface area contributed by atoms with Crippen molar-refractivity contribution in [2.24, 2.45) is 0 Å². The molecule has 1 heterocycles. The molecular formula is C79H147NO10. The van der Waals surface area contributed by atoms with Gasteiger partial charge in [0.15, 0.2) is 6.29 Å². The van der Waals surface area contributed by atoms with Crippen LogP contribution >= 0.6 is 0 Å². The van der Waals surface area contributed by atoms with Crippen LogP contribution < -0.4 is 5.32 Å². The summed E-state index contributed by atoms with van der Waals surface area (Å²) in [6, 6.07) is -0.807. The Labute approximate surface area is 555 Å². The van der Waals surface area contributed by atoms with Crippen molar-refractivity contribution in [2.45, 2.75) is 423 Å². The number of carbonyl (C=O) groups excluding carboxylic acids is 2. The number of hydrogen-bond donors (Lipinski definition) is 6. The fourth-order valence-corrected chi connectivity index (χ4v) is 12.3. The number of hydrogen-bond acceptors (Lipinski definition) is 10. The average Bonchev–Trinajstić information content (AvgIpc) is 0.997. The summed E-state index contributed by atoms with van der Waals surface area (Å²) in [4.78, 5) is 25.1. The minimum absolute atomic E-state index is 0.00490. The predicted molar refractivity (Wildman–Crippen MR) is 380 cm³/mol. The molecule has 0 saturated carbocycles. The van der Waals surface area contributed by atoms with E-state index in [0.29, 0.717) is 19.4 Å². The summed E-state index contributed by atoms with van der Waals surface area (Å²) in [5.74, 6) is -0.174. The molecule has 1 aliphatic rings. The van der Waals surface area contributed by atoms with Gasteiger partial charge in [-0.05, 0) is 89.9 Å². The first-order chi connectivity index (χ1) is 44.2. The third-order valence-electron chi connectivity index (χ3n) is 18.4. The number of allylic oxidation sites excluding steroid dienone is 7. The Morgan fingerprint density at radius 3 is 1.13 bits per heavy atom. The van der Waals surface area contributed by atoms with Crippen LogP contribution in [0.15, 0.2) is 48.6 Å². The highest BCUT2D eigenvalue weighted by Crippen LogP contribution is 2.24. The van der Waals surface area contributed by atoms with E-state index in [1.807, 2.05) is 6.08 Å². The summed E-state index contributed by atoms with van der Waals surface area (Å²) >= 11 is 0. The van der Waals surface area contributed by atoms with E-state index in [9.17, 15) is 35.1 Å². The van der Waals surface area contributed by atoms with E-state index in [4.69, 9.17) is 14.2 Å². The van der Waals surface area contributed by atoms with Crippen molar-refractivity contribution in [3.8, 4) is 0 Å². The molecule has 0 aromatic carbocycles. The lowest BCUT2D eigenvalue weighted by molar-refractivity contribution is -0.302. The summed E-state index contributed by atoms with van der Waals surface area (Å²) < 4.78 is 16.7. The highest BCUT2D eigenvalue weighted by molar-refractivity contribution is 5.76. The molecule has 0 aromatic rings. The number of aliphatic hydroxyl groups excluding tert-OH is 5. The SMILES string of the molecule is CCCCCCCC/C=C\CCCCCCCC(=O)OCCCCCCCCCCCCCCC/C=C\C/C=C\CCCCCCCCCCCCCCCCCCCC(=O)NC(COC1OC(CO)C(O)C(O)C1O)C(O)/C=C/CCCCCCCCCC. The van der Waals surface area contributed by atoms with E-state index >= 15 is 0 Å². The second kappa shape index (κ2) is 68.0. The number of carbonyl (C=O) groups is 2. The standard InChI is InChI=1S/C79H147NO10/c1-3-5-7-9-11-13-15-16-40-44-47-51-55-59-63-67-75(84)88-68-64-60-56-52-48-45-42-39-37-35-33-31-29-27-25-23-21-19-17-18-20-22-24-26-28-30-32-34-36-38-41-43-46-50-54-58-62-66-74(83)80-71(70-89-79-78(87)77(86)76(85)73(69-81)90-79)72(82)65-61-57-53-49-14-12-10-8-6-4-2/h16-17,19,23,25,40,61,65,71-73,76-79,81-82,85-87H,3-15,18,20-22,24,26-39,41-60,62-64,66-70H2,1-2H3,(H,80,83)/b19-17-,25-23-,40-16-,65-61+. The van der Waals surface area contributed by atoms with E-state index in [-0.39, 0.29) is 18.5 Å². The van der Waals surface area contributed by atoms with E-state index in [1.54, 1.807) is 6.08 Å². The fourth-order valence-electron chi connectivity index (χ4n) is 12.3. The zero-order chi connectivity index (χ0) is 65.1. The molecule has 7 unspecified atom stereocenters. The first-order valence-corrected chi connectivity index (χ1v) is 38.9. The Balaban J connectivity index is 1.89. The van der Waals surface area contributed by atoms with Gasteiger partial charge in [-0.1, -0.05) is 326 Å². The van der Waals surface area contributed by atoms with Gasteiger partial charge in [-0.3, -0.25) is 9.59 Å². The summed E-state index contributed by atoms with van der Waals surface area (Å²) in [6.45, 7) is 4.35. The van der Waals surface area contributed by atoms with Gasteiger partial charge in [-0.2, -0.15) is 0 Å². The molecule has 0 radical (unpaired) electrons. The normalized spacial score (nSPS) is 17.9. The van der Waals surface area contributed by atoms with Gasteiger partial charge in [-0.25, -0.2) is 0 Å². The number of esters is 1. The summed E-state index contributed by atoms with van der Waals surface area (Å²) in [7, 11) is 0. The zero-order valence-electron chi connectivity index (χ0n) is 58.9. The van der Waals surface area contributed by atoms with Crippen molar-refractivity contribution in [3.05, 3.63) is 48.6 Å². The Morgan fingerprint density at radius 2 is 0.744 bits per heavy atom. The first kappa shape index (κ1) is 85.6. The number of nitrogens with one attached hydrogen (secondary N) is 1. The van der Waals surface area contributed by atoms with Crippen molar-refractivity contribution in [1.29, 1.82) is 0 Å². The van der Waals surface area contributed by atoms with Gasteiger partial charge in [0.05, 0.1) is 32.0 Å². The highest BCUT2D eigenvalue weighted by atomic mass is 16.7. The average molecular weight is 1270 g/mol. The largest absolute Gasteiger partial charge is 0.466 e. The van der Waals surface area contributed by atoms with Crippen LogP contribution in [0.2, 0.25) is 0 Å². The van der Waals surface area contributed by atoms with Crippen LogP contribution in [0, 0.1) is 0 Å². The predicted octanol–water partition coefficient (Wildman–Crippen LogP) is 20.7. The second-order valence-corrected chi connectivity index (χ2v) is 27.1. The van der Waals surface area contributed by atoms with Gasteiger partial charge in [0, 0.05) is 12.8 Å². The van der Waals surface area contributed by atoms with Gasteiger partial charge >= 0.3 is 5.97 Å². The molecule has 1 rings (SSSR count). The molecule has 7 atom stereocenters. The lowest BCUT2D eigenvalue weighted by Gasteiger charge is -2.40. The maximum Gasteiger partial charge on any atom is 0.305 e. The molecule has 0 spiro atoms. The fraction of sp³-hybridized carbons (Fsp3) is 0.873. The Bertz CT molecular complexity index is 1630. The van der Waals surface area contributed by atoms with E-state index < -0.39 is 49.5 Å². The number of unbranched alkanes of at least 4 members (excludes halogenated alkanes) is 49. The second-order valence-electron chi connectivity index (χ2n) is 27.1. The Morgan fingerprint density at radius 1 is 0.411 bits per heavy atom. The quantitative estimate of drug-likeness (QED) is 0.0195. The smallest absolute Gasteiger partial charge is 0.305 e. The van der Waals surface area contributed by atoms with Crippen molar-refractivity contribution in [2.75, 3.05) is 19.8 Å². The molecule has 11 heteroatoms. The lowest BCUT2D eigenvalue weighted by atomic mass is 9.99. The topological polar surface area (TPSA) is 175 Å². The molecule has 1 aliphatic heterocycles. The van der Waals surface area contributed by atoms with Crippen LogP contribution in [0.3, 0.4) is 0 Å². The van der Waals surface area contributed by atoms with E-state index in [0.717, 1.165) is 64.2 Å². The summed E-state index contributed by atoms with van der Waals surface area (Å²) in [6.07, 6.45) is 80.0. The molecule has 1 amide bonds. The molecule has 11 nitrogen and oxygen atoms in total. The van der Waals surface area contributed by atoms with Gasteiger partial charge < -0.3 is 45.1 Å². The Kier molecular flexibility index (Phi) is 64.7. The van der Waals surface area contributed by atoms with Gasteiger partial charge in [0.25, 0.3) is 0 Å². The van der Waals surface area contributed by atoms with Crippen molar-refractivity contribution in [3.63, 3.8) is 0 Å². The molecular weight excluding hydrogens is 1120 g/mol. The van der Waals surface area contributed by atoms with Gasteiger partial charge in [0.1, 0.15) is 24.4 Å². The maximum absolute atomic E-state index is 13.0. The van der Waals surface area contributed by atoms with Crippen LogP contribution in [-0.4, -0.2) is 100 Å². The zero-order valence-corrected chi connectivity index (χ0v) is 58.9. The number of rotatable bonds is 69. The first-order valence-electron chi connectivity index (χ1n) is 38.9. The van der Waals surface area contributed by atoms with Crippen LogP contribution in [0.5, 0.6) is 0 Å². The summed E-state index contributed by atoms with van der Waals surface area (Å²) in [5.41, 5.74) is 0. The molecule has 0 aromatic heterocycles. The Hall–Kier alpha value is -2.38. The molecule has 528 valence electrons. The van der Waals surface area contributed by atoms with E-state index in [2.05, 4.69) is 55.6 Å². The van der Waals surface area contributed by atoms with Crippen molar-refractivity contribution >= 4 is 11.9 Å². The van der Waals surface area contributed by atoms with Crippen molar-refractivity contribution < 1.29 is 49.3 Å². The van der Waals surface area contributed by atoms with Crippen LogP contribution in [-0.2, 0) is 23.8 Å². The number of amides is 1. The maximum atomic E-state index is 13.0. The molecule has 1 fully saturated rings. The number of aliphatic hydroxyl groups is 5. The number of ether oxygens (including phenoxy) is 3. The molecule has 1 saturated heterocycles. The summed E-state index contributed by atoms with van der Waals surface area (Å²) in [5, 5.41) is 54.4. The van der Waals surface area contributed by atoms with Crippen LogP contribution in [0.4, 0.5) is 0 Å². The molecule has 6 N–H and O–H groups in total. The third-order valence-corrected chi connectivity index (χ3v) is 18.4.